The molecule has 2 aromatic rings. The monoisotopic (exact) mass is 498 g/mol. The number of ether oxygens (including phenoxy) is 3. The third-order valence-electron chi connectivity index (χ3n) is 5.83. The number of carboxylic acid groups (broad SMARTS) is 2. The van der Waals surface area contributed by atoms with Crippen LogP contribution in [0.5, 0.6) is 17.2 Å². The first kappa shape index (κ1) is 28.8. The van der Waals surface area contributed by atoms with Crippen LogP contribution in [0, 0.1) is 5.41 Å². The molecule has 0 radical (unpaired) electrons. The first-order valence-electron chi connectivity index (χ1n) is 12.4. The summed E-state index contributed by atoms with van der Waals surface area (Å²) in [5.74, 6) is 0.620. The Balaban J connectivity index is 1.84. The van der Waals surface area contributed by atoms with E-state index in [1.165, 1.54) is 0 Å². The van der Waals surface area contributed by atoms with E-state index in [0.29, 0.717) is 44.0 Å². The average molecular weight is 499 g/mol. The molecule has 0 atom stereocenters. The van der Waals surface area contributed by atoms with Crippen LogP contribution in [-0.4, -0.2) is 42.5 Å². The minimum Gasteiger partial charge on any atom is -0.497 e. The zero-order valence-corrected chi connectivity index (χ0v) is 21.5. The van der Waals surface area contributed by atoms with E-state index in [1.807, 2.05) is 54.6 Å². The van der Waals surface area contributed by atoms with Crippen molar-refractivity contribution in [1.82, 2.24) is 0 Å². The van der Waals surface area contributed by atoms with Gasteiger partial charge in [-0.25, -0.2) is 0 Å². The molecule has 7 nitrogen and oxygen atoms in total. The van der Waals surface area contributed by atoms with E-state index in [9.17, 15) is 14.7 Å². The van der Waals surface area contributed by atoms with Crippen molar-refractivity contribution in [2.45, 2.75) is 58.8 Å². The Hall–Kier alpha value is -3.48. The van der Waals surface area contributed by atoms with Crippen molar-refractivity contribution in [3.05, 3.63) is 53.6 Å². The molecule has 0 fully saturated rings. The summed E-state index contributed by atoms with van der Waals surface area (Å²) in [4.78, 5) is 21.8. The topological polar surface area (TPSA) is 102 Å². The summed E-state index contributed by atoms with van der Waals surface area (Å²) in [5, 5.41) is 17.9. The van der Waals surface area contributed by atoms with Crippen LogP contribution in [0.2, 0.25) is 0 Å². The molecule has 0 aromatic heterocycles. The average Bonchev–Trinajstić information content (AvgIpc) is 2.85. The number of hydrogen-bond donors (Lipinski definition) is 2. The Morgan fingerprint density at radius 1 is 0.778 bits per heavy atom. The number of benzene rings is 2. The van der Waals surface area contributed by atoms with Gasteiger partial charge in [0.15, 0.2) is 0 Å². The fourth-order valence-electron chi connectivity index (χ4n) is 3.49. The molecule has 196 valence electrons. The molecule has 0 bridgehead atoms. The van der Waals surface area contributed by atoms with Crippen molar-refractivity contribution in [2.75, 3.05) is 20.3 Å². The number of hydrogen-bond acceptors (Lipinski definition) is 5. The summed E-state index contributed by atoms with van der Waals surface area (Å²) in [5.41, 5.74) is 1.19. The predicted molar refractivity (Wildman–Crippen MR) is 141 cm³/mol. The number of carboxylic acids is 2. The number of aliphatic carboxylic acids is 2. The fourth-order valence-corrected chi connectivity index (χ4v) is 3.49. The first-order chi connectivity index (χ1) is 17.2. The molecule has 2 N–H and O–H groups in total. The van der Waals surface area contributed by atoms with E-state index in [0.717, 1.165) is 36.1 Å². The van der Waals surface area contributed by atoms with Crippen LogP contribution in [0.15, 0.2) is 42.5 Å². The molecule has 0 spiro atoms. The van der Waals surface area contributed by atoms with Gasteiger partial charge >= 0.3 is 11.9 Å². The van der Waals surface area contributed by atoms with Crippen LogP contribution in [0.4, 0.5) is 0 Å². The van der Waals surface area contributed by atoms with Crippen molar-refractivity contribution < 1.29 is 34.0 Å². The van der Waals surface area contributed by atoms with Crippen molar-refractivity contribution in [2.24, 2.45) is 5.41 Å². The summed E-state index contributed by atoms with van der Waals surface area (Å²) in [6.07, 6.45) is 8.86. The van der Waals surface area contributed by atoms with Crippen LogP contribution in [0.25, 0.3) is 12.2 Å². The lowest BCUT2D eigenvalue weighted by Gasteiger charge is -2.18. The molecule has 36 heavy (non-hydrogen) atoms. The van der Waals surface area contributed by atoms with Crippen molar-refractivity contribution in [3.8, 4) is 17.2 Å². The Morgan fingerprint density at radius 3 is 2.06 bits per heavy atom. The maximum Gasteiger partial charge on any atom is 0.309 e. The maximum absolute atomic E-state index is 11.2. The van der Waals surface area contributed by atoms with E-state index in [-0.39, 0.29) is 6.42 Å². The van der Waals surface area contributed by atoms with Crippen molar-refractivity contribution >= 4 is 24.1 Å². The molecule has 0 aliphatic rings. The number of rotatable bonds is 17. The normalized spacial score (nSPS) is 11.4. The molecule has 0 saturated heterocycles. The van der Waals surface area contributed by atoms with E-state index < -0.39 is 17.4 Å². The highest BCUT2D eigenvalue weighted by molar-refractivity contribution is 5.73. The van der Waals surface area contributed by atoms with Crippen LogP contribution in [0.3, 0.4) is 0 Å². The maximum atomic E-state index is 11.2. The second kappa shape index (κ2) is 14.8. The lowest BCUT2D eigenvalue weighted by Crippen LogP contribution is -2.24. The quantitative estimate of drug-likeness (QED) is 0.188. The largest absolute Gasteiger partial charge is 0.497 e. The molecule has 2 rings (SSSR count). The van der Waals surface area contributed by atoms with E-state index in [1.54, 1.807) is 21.0 Å². The molecule has 7 heteroatoms. The minimum absolute atomic E-state index is 0.229. The summed E-state index contributed by atoms with van der Waals surface area (Å²) in [6.45, 7) is 4.48. The van der Waals surface area contributed by atoms with Gasteiger partial charge in [-0.2, -0.15) is 0 Å². The molecule has 0 saturated carbocycles. The van der Waals surface area contributed by atoms with Gasteiger partial charge in [0, 0.05) is 12.5 Å². The standard InChI is InChI=1S/C29H38O7/c1-29(2,28(32)33)16-8-18-36-26-20-23(19-25(21-26)34-3)11-10-22-12-14-24(15-13-22)35-17-7-5-4-6-9-27(30)31/h10-15,19-21H,4-9,16-18H2,1-3H3,(H,30,31)(H,32,33)/b11-10+. The van der Waals surface area contributed by atoms with Gasteiger partial charge in [-0.05, 0) is 74.9 Å². The van der Waals surface area contributed by atoms with Gasteiger partial charge in [-0.15, -0.1) is 0 Å². The Morgan fingerprint density at radius 2 is 1.39 bits per heavy atom. The molecule has 0 aliphatic carbocycles. The molecular formula is C29H38O7. The number of methoxy groups -OCH3 is 1. The first-order valence-corrected chi connectivity index (χ1v) is 12.4. The highest BCUT2D eigenvalue weighted by Crippen LogP contribution is 2.26. The van der Waals surface area contributed by atoms with Crippen LogP contribution >= 0.6 is 0 Å². The summed E-state index contributed by atoms with van der Waals surface area (Å²) >= 11 is 0. The Labute approximate surface area is 213 Å². The van der Waals surface area contributed by atoms with Gasteiger partial charge in [-0.3, -0.25) is 9.59 Å². The summed E-state index contributed by atoms with van der Waals surface area (Å²) in [6, 6.07) is 13.5. The Kier molecular flexibility index (Phi) is 11.8. The highest BCUT2D eigenvalue weighted by atomic mass is 16.5. The van der Waals surface area contributed by atoms with E-state index in [2.05, 4.69) is 0 Å². The molecule has 0 heterocycles. The molecule has 2 aromatic carbocycles. The smallest absolute Gasteiger partial charge is 0.309 e. The van der Waals surface area contributed by atoms with E-state index in [4.69, 9.17) is 19.3 Å². The third kappa shape index (κ3) is 10.8. The van der Waals surface area contributed by atoms with Crippen LogP contribution < -0.4 is 14.2 Å². The van der Waals surface area contributed by atoms with Crippen LogP contribution in [-0.2, 0) is 9.59 Å². The second-order valence-corrected chi connectivity index (χ2v) is 9.39. The van der Waals surface area contributed by atoms with Crippen LogP contribution in [0.1, 0.15) is 69.9 Å². The molecule has 0 amide bonds. The van der Waals surface area contributed by atoms with E-state index >= 15 is 0 Å². The lowest BCUT2D eigenvalue weighted by atomic mass is 9.88. The van der Waals surface area contributed by atoms with Gasteiger partial charge in [-0.1, -0.05) is 37.1 Å². The number of unbranched alkanes of at least 4 members (excludes halogenated alkanes) is 3. The SMILES string of the molecule is COc1cc(/C=C/c2ccc(OCCCCCCC(=O)O)cc2)cc(OCCCC(C)(C)C(=O)O)c1. The minimum atomic E-state index is -0.805. The zero-order chi connectivity index (χ0) is 26.4. The molecule has 0 aliphatic heterocycles. The Bertz CT molecular complexity index is 993. The lowest BCUT2D eigenvalue weighted by molar-refractivity contribution is -0.147. The third-order valence-corrected chi connectivity index (χ3v) is 5.83. The number of carbonyl (C=O) groups is 2. The fraction of sp³-hybridized carbons (Fsp3) is 0.448. The zero-order valence-electron chi connectivity index (χ0n) is 21.5. The molecular weight excluding hydrogens is 460 g/mol. The van der Waals surface area contributed by atoms with Gasteiger partial charge in [0.05, 0.1) is 25.7 Å². The van der Waals surface area contributed by atoms with Crippen molar-refractivity contribution in [3.63, 3.8) is 0 Å². The van der Waals surface area contributed by atoms with Gasteiger partial charge in [0.1, 0.15) is 17.2 Å². The van der Waals surface area contributed by atoms with Gasteiger partial charge < -0.3 is 24.4 Å². The second-order valence-electron chi connectivity index (χ2n) is 9.39. The summed E-state index contributed by atoms with van der Waals surface area (Å²) in [7, 11) is 1.61. The summed E-state index contributed by atoms with van der Waals surface area (Å²) < 4.78 is 17.0. The van der Waals surface area contributed by atoms with Crippen molar-refractivity contribution in [1.29, 1.82) is 0 Å². The highest BCUT2D eigenvalue weighted by Gasteiger charge is 2.26. The molecule has 0 unspecified atom stereocenters. The van der Waals surface area contributed by atoms with Gasteiger partial charge in [0.25, 0.3) is 0 Å². The predicted octanol–water partition coefficient (Wildman–Crippen LogP) is 6.55. The van der Waals surface area contributed by atoms with Gasteiger partial charge in [0.2, 0.25) is 0 Å².